The molecule has 1 aliphatic heterocycles. The summed E-state index contributed by atoms with van der Waals surface area (Å²) in [6, 6.07) is 6.85. The Bertz CT molecular complexity index is 456. The number of carbonyl (C=O) groups excluding carboxylic acids is 1. The van der Waals surface area contributed by atoms with Crippen molar-refractivity contribution in [3.8, 4) is 0 Å². The van der Waals surface area contributed by atoms with Gasteiger partial charge >= 0.3 is 5.97 Å². The number of nitrogens with one attached hydrogen (secondary N) is 1. The van der Waals surface area contributed by atoms with Crippen LogP contribution < -0.4 is 5.32 Å². The van der Waals surface area contributed by atoms with Gasteiger partial charge in [0.1, 0.15) is 0 Å². The van der Waals surface area contributed by atoms with E-state index < -0.39 is 5.97 Å². The third-order valence-electron chi connectivity index (χ3n) is 3.18. The molecule has 0 radical (unpaired) electrons. The van der Waals surface area contributed by atoms with Crippen LogP contribution in [0.5, 0.6) is 0 Å². The average molecular weight is 248 g/mol. The lowest BCUT2D eigenvalue weighted by Gasteiger charge is -2.33. The van der Waals surface area contributed by atoms with Crippen molar-refractivity contribution >= 4 is 11.9 Å². The van der Waals surface area contributed by atoms with Crippen LogP contribution in [0.3, 0.4) is 0 Å². The summed E-state index contributed by atoms with van der Waals surface area (Å²) in [6.45, 7) is 3.67. The molecular weight excluding hydrogens is 232 g/mol. The molecule has 18 heavy (non-hydrogen) atoms. The summed E-state index contributed by atoms with van der Waals surface area (Å²) in [5, 5.41) is 12.2. The molecule has 96 valence electrons. The van der Waals surface area contributed by atoms with Crippen molar-refractivity contribution in [1.82, 2.24) is 10.2 Å². The Balaban J connectivity index is 2.11. The third kappa shape index (κ3) is 2.68. The summed E-state index contributed by atoms with van der Waals surface area (Å²) >= 11 is 0. The zero-order chi connectivity index (χ0) is 13.1. The number of carbonyl (C=O) groups is 2. The van der Waals surface area contributed by atoms with Gasteiger partial charge in [0.2, 0.25) is 5.91 Å². The first-order valence-corrected chi connectivity index (χ1v) is 5.90. The molecule has 5 heteroatoms. The molecule has 1 aliphatic rings. The Hall–Kier alpha value is -1.88. The minimum Gasteiger partial charge on any atom is -0.478 e. The van der Waals surface area contributed by atoms with Crippen LogP contribution in [0.4, 0.5) is 0 Å². The van der Waals surface area contributed by atoms with Crippen molar-refractivity contribution in [2.75, 3.05) is 19.6 Å². The maximum Gasteiger partial charge on any atom is 0.335 e. The summed E-state index contributed by atoms with van der Waals surface area (Å²) in [6.07, 6.45) is 0. The van der Waals surface area contributed by atoms with Gasteiger partial charge in [-0.15, -0.1) is 0 Å². The number of aromatic carboxylic acids is 1. The summed E-state index contributed by atoms with van der Waals surface area (Å²) in [5.74, 6) is -0.854. The number of hydrogen-bond donors (Lipinski definition) is 2. The van der Waals surface area contributed by atoms with Crippen LogP contribution in [0, 0.1) is 0 Å². The van der Waals surface area contributed by atoms with E-state index in [0.29, 0.717) is 6.54 Å². The van der Waals surface area contributed by atoms with Crippen LogP contribution in [0.25, 0.3) is 0 Å². The maximum atomic E-state index is 11.3. The van der Waals surface area contributed by atoms with E-state index in [1.807, 2.05) is 0 Å². The Kier molecular flexibility index (Phi) is 3.62. The van der Waals surface area contributed by atoms with Crippen molar-refractivity contribution in [1.29, 1.82) is 0 Å². The van der Waals surface area contributed by atoms with E-state index in [2.05, 4.69) is 5.32 Å². The molecule has 2 N–H and O–H groups in total. The van der Waals surface area contributed by atoms with E-state index >= 15 is 0 Å². The molecule has 1 aromatic carbocycles. The standard InChI is InChI=1S/C13H16N2O3/c1-9(16)15-7-6-14-12(8-15)10-2-4-11(5-3-10)13(17)18/h2-5,12,14H,6-8H2,1H3,(H,17,18)/t12-/m0/s1. The van der Waals surface area contributed by atoms with Gasteiger partial charge in [-0.25, -0.2) is 4.79 Å². The number of nitrogens with zero attached hydrogens (tertiary/aromatic N) is 1. The Morgan fingerprint density at radius 2 is 2.00 bits per heavy atom. The first kappa shape index (κ1) is 12.6. The predicted octanol–water partition coefficient (Wildman–Crippen LogP) is 0.878. The second-order valence-corrected chi connectivity index (χ2v) is 4.40. The molecule has 0 unspecified atom stereocenters. The minimum atomic E-state index is -0.927. The molecule has 0 saturated carbocycles. The Morgan fingerprint density at radius 1 is 1.33 bits per heavy atom. The lowest BCUT2D eigenvalue weighted by Crippen LogP contribution is -2.47. The first-order valence-electron chi connectivity index (χ1n) is 5.90. The summed E-state index contributed by atoms with van der Waals surface area (Å²) in [7, 11) is 0. The van der Waals surface area contributed by atoms with E-state index in [9.17, 15) is 9.59 Å². The van der Waals surface area contributed by atoms with E-state index in [4.69, 9.17) is 5.11 Å². The van der Waals surface area contributed by atoms with E-state index in [-0.39, 0.29) is 17.5 Å². The van der Waals surface area contributed by atoms with Crippen molar-refractivity contribution in [2.24, 2.45) is 0 Å². The lowest BCUT2D eigenvalue weighted by atomic mass is 10.0. The van der Waals surface area contributed by atoms with Gasteiger partial charge in [-0.2, -0.15) is 0 Å². The largest absolute Gasteiger partial charge is 0.478 e. The number of carboxylic acids is 1. The van der Waals surface area contributed by atoms with Gasteiger partial charge in [0.05, 0.1) is 5.56 Å². The first-order chi connectivity index (χ1) is 8.58. The number of piperazine rings is 1. The van der Waals surface area contributed by atoms with Crippen molar-refractivity contribution in [2.45, 2.75) is 13.0 Å². The summed E-state index contributed by atoms with van der Waals surface area (Å²) in [5.41, 5.74) is 1.28. The van der Waals surface area contributed by atoms with Crippen LogP contribution in [0.15, 0.2) is 24.3 Å². The van der Waals surface area contributed by atoms with Crippen molar-refractivity contribution in [3.63, 3.8) is 0 Å². The van der Waals surface area contributed by atoms with Gasteiger partial charge < -0.3 is 15.3 Å². The van der Waals surface area contributed by atoms with Crippen LogP contribution in [0.2, 0.25) is 0 Å². The van der Waals surface area contributed by atoms with E-state index in [1.54, 1.807) is 36.1 Å². The SMILES string of the molecule is CC(=O)N1CCN[C@H](c2ccc(C(=O)O)cc2)C1. The van der Waals surface area contributed by atoms with Crippen LogP contribution in [-0.2, 0) is 4.79 Å². The fourth-order valence-electron chi connectivity index (χ4n) is 2.12. The number of rotatable bonds is 2. The lowest BCUT2D eigenvalue weighted by molar-refractivity contribution is -0.130. The molecule has 1 fully saturated rings. The van der Waals surface area contributed by atoms with Gasteiger partial charge in [-0.3, -0.25) is 4.79 Å². The van der Waals surface area contributed by atoms with E-state index in [0.717, 1.165) is 18.7 Å². The molecule has 0 bridgehead atoms. The molecular formula is C13H16N2O3. The minimum absolute atomic E-state index is 0.0728. The molecule has 1 atom stereocenters. The molecule has 1 amide bonds. The van der Waals surface area contributed by atoms with E-state index in [1.165, 1.54) is 0 Å². The highest BCUT2D eigenvalue weighted by atomic mass is 16.4. The predicted molar refractivity (Wildman–Crippen MR) is 66.4 cm³/mol. The normalized spacial score (nSPS) is 19.6. The molecule has 0 aromatic heterocycles. The highest BCUT2D eigenvalue weighted by Gasteiger charge is 2.22. The third-order valence-corrected chi connectivity index (χ3v) is 3.18. The fraction of sp³-hybridized carbons (Fsp3) is 0.385. The van der Waals surface area contributed by atoms with Crippen molar-refractivity contribution < 1.29 is 14.7 Å². The molecule has 1 aromatic rings. The smallest absolute Gasteiger partial charge is 0.335 e. The van der Waals surface area contributed by atoms with Crippen LogP contribution >= 0.6 is 0 Å². The van der Waals surface area contributed by atoms with Gasteiger partial charge in [0.15, 0.2) is 0 Å². The molecule has 0 spiro atoms. The number of hydrogen-bond acceptors (Lipinski definition) is 3. The maximum absolute atomic E-state index is 11.3. The Labute approximate surface area is 105 Å². The zero-order valence-corrected chi connectivity index (χ0v) is 10.2. The van der Waals surface area contributed by atoms with Crippen LogP contribution in [-0.4, -0.2) is 41.5 Å². The Morgan fingerprint density at radius 3 is 2.56 bits per heavy atom. The second-order valence-electron chi connectivity index (χ2n) is 4.40. The average Bonchev–Trinajstić information content (AvgIpc) is 2.39. The topological polar surface area (TPSA) is 69.6 Å². The highest BCUT2D eigenvalue weighted by molar-refractivity contribution is 5.87. The van der Waals surface area contributed by atoms with Crippen molar-refractivity contribution in [3.05, 3.63) is 35.4 Å². The second kappa shape index (κ2) is 5.18. The van der Waals surface area contributed by atoms with Gasteiger partial charge in [-0.1, -0.05) is 12.1 Å². The quantitative estimate of drug-likeness (QED) is 0.815. The molecule has 5 nitrogen and oxygen atoms in total. The van der Waals surface area contributed by atoms with Crippen LogP contribution in [0.1, 0.15) is 28.9 Å². The van der Waals surface area contributed by atoms with Gasteiger partial charge in [-0.05, 0) is 17.7 Å². The van der Waals surface area contributed by atoms with Gasteiger partial charge in [0, 0.05) is 32.6 Å². The molecule has 0 aliphatic carbocycles. The molecule has 1 saturated heterocycles. The number of amides is 1. The fourth-order valence-corrected chi connectivity index (χ4v) is 2.12. The molecule has 1 heterocycles. The number of benzene rings is 1. The zero-order valence-electron chi connectivity index (χ0n) is 10.2. The molecule has 2 rings (SSSR count). The van der Waals surface area contributed by atoms with Gasteiger partial charge in [0.25, 0.3) is 0 Å². The monoisotopic (exact) mass is 248 g/mol. The summed E-state index contributed by atoms with van der Waals surface area (Å²) in [4.78, 5) is 23.9. The number of carboxylic acid groups (broad SMARTS) is 1. The summed E-state index contributed by atoms with van der Waals surface area (Å²) < 4.78 is 0. The highest BCUT2D eigenvalue weighted by Crippen LogP contribution is 2.18.